The lowest BCUT2D eigenvalue weighted by Crippen LogP contribution is -2.36. The number of pyridine rings is 1. The minimum atomic E-state index is -0.260. The number of hydrogen-bond donors (Lipinski definition) is 1. The Bertz CT molecular complexity index is 1250. The molecule has 1 aliphatic rings. The van der Waals surface area contributed by atoms with Gasteiger partial charge in [0.15, 0.2) is 0 Å². The van der Waals surface area contributed by atoms with Gasteiger partial charge >= 0.3 is 0 Å². The number of carbonyl (C=O) groups is 1. The predicted molar refractivity (Wildman–Crippen MR) is 127 cm³/mol. The average molecular weight is 455 g/mol. The molecule has 1 amide bonds. The van der Waals surface area contributed by atoms with Crippen molar-refractivity contribution in [3.63, 3.8) is 0 Å². The molecule has 0 spiro atoms. The van der Waals surface area contributed by atoms with Crippen molar-refractivity contribution in [2.75, 3.05) is 5.32 Å². The lowest BCUT2D eigenvalue weighted by Gasteiger charge is -2.21. The summed E-state index contributed by atoms with van der Waals surface area (Å²) >= 11 is 6.63. The fourth-order valence-electron chi connectivity index (χ4n) is 3.33. The van der Waals surface area contributed by atoms with Crippen LogP contribution in [0.15, 0.2) is 50.8 Å². The Hall–Kier alpha value is -2.91. The quantitative estimate of drug-likeness (QED) is 0.441. The Balaban J connectivity index is 1.82. The molecule has 4 heterocycles. The maximum Gasteiger partial charge on any atom is 0.267 e. The van der Waals surface area contributed by atoms with Gasteiger partial charge in [-0.25, -0.2) is 4.98 Å². The van der Waals surface area contributed by atoms with Crippen LogP contribution in [0.1, 0.15) is 37.2 Å². The molecule has 0 aliphatic carbocycles. The minimum Gasteiger partial charge on any atom is -0.467 e. The molecule has 1 atom stereocenters. The summed E-state index contributed by atoms with van der Waals surface area (Å²) in [4.78, 5) is 33.1. The monoisotopic (exact) mass is 454 g/mol. The molecule has 1 fully saturated rings. The van der Waals surface area contributed by atoms with Crippen molar-refractivity contribution in [3.8, 4) is 0 Å². The number of rotatable bonds is 6. The average Bonchev–Trinajstić information content (AvgIpc) is 3.37. The van der Waals surface area contributed by atoms with Gasteiger partial charge in [-0.15, -0.1) is 0 Å². The van der Waals surface area contributed by atoms with E-state index >= 15 is 0 Å². The number of aryl methyl sites for hydroxylation is 1. The van der Waals surface area contributed by atoms with Crippen molar-refractivity contribution in [1.82, 2.24) is 14.3 Å². The molecule has 0 aromatic carbocycles. The zero-order valence-corrected chi connectivity index (χ0v) is 19.0. The highest BCUT2D eigenvalue weighted by molar-refractivity contribution is 8.26. The summed E-state index contributed by atoms with van der Waals surface area (Å²) in [6.07, 6.45) is 5.64. The number of aromatic nitrogens is 2. The second-order valence-electron chi connectivity index (χ2n) is 7.31. The number of amides is 1. The highest BCUT2D eigenvalue weighted by Crippen LogP contribution is 2.35. The van der Waals surface area contributed by atoms with Crippen molar-refractivity contribution in [2.45, 2.75) is 39.8 Å². The summed E-state index contributed by atoms with van der Waals surface area (Å²) in [5.41, 5.74) is 1.47. The fraction of sp³-hybridized carbons (Fsp3) is 0.273. The van der Waals surface area contributed by atoms with E-state index in [2.05, 4.69) is 5.32 Å². The number of hydrogen-bond acceptors (Lipinski definition) is 7. The Kier molecular flexibility index (Phi) is 5.97. The smallest absolute Gasteiger partial charge is 0.267 e. The molecule has 0 saturated carbocycles. The molecular weight excluding hydrogens is 432 g/mol. The first-order valence-electron chi connectivity index (χ1n) is 9.96. The summed E-state index contributed by atoms with van der Waals surface area (Å²) in [7, 11) is 0. The largest absolute Gasteiger partial charge is 0.467 e. The van der Waals surface area contributed by atoms with E-state index in [1.54, 1.807) is 35.6 Å². The molecule has 31 heavy (non-hydrogen) atoms. The van der Waals surface area contributed by atoms with Crippen molar-refractivity contribution in [1.29, 1.82) is 0 Å². The Morgan fingerprint density at radius 3 is 2.84 bits per heavy atom. The van der Waals surface area contributed by atoms with Crippen LogP contribution in [0.25, 0.3) is 11.7 Å². The lowest BCUT2D eigenvalue weighted by molar-refractivity contribution is -0.123. The van der Waals surface area contributed by atoms with Crippen molar-refractivity contribution in [3.05, 3.63) is 68.9 Å². The van der Waals surface area contributed by atoms with E-state index in [0.29, 0.717) is 38.6 Å². The molecule has 0 radical (unpaired) electrons. The van der Waals surface area contributed by atoms with Gasteiger partial charge in [0.25, 0.3) is 11.5 Å². The van der Waals surface area contributed by atoms with Crippen LogP contribution < -0.4 is 10.9 Å². The molecule has 1 aliphatic heterocycles. The summed E-state index contributed by atoms with van der Waals surface area (Å²) in [5.74, 6) is 0.917. The number of thiocarbonyl (C=S) groups is 1. The van der Waals surface area contributed by atoms with Crippen LogP contribution in [0.4, 0.5) is 5.82 Å². The van der Waals surface area contributed by atoms with E-state index in [1.807, 2.05) is 32.9 Å². The van der Waals surface area contributed by atoms with Crippen LogP contribution >= 0.6 is 24.0 Å². The van der Waals surface area contributed by atoms with Crippen molar-refractivity contribution in [2.24, 2.45) is 0 Å². The molecule has 7 nitrogen and oxygen atoms in total. The Morgan fingerprint density at radius 1 is 1.32 bits per heavy atom. The number of nitrogens with zero attached hydrogens (tertiary/aromatic N) is 3. The highest BCUT2D eigenvalue weighted by atomic mass is 32.2. The van der Waals surface area contributed by atoms with E-state index in [9.17, 15) is 9.59 Å². The van der Waals surface area contributed by atoms with Gasteiger partial charge in [-0.05, 0) is 50.1 Å². The van der Waals surface area contributed by atoms with Gasteiger partial charge in [0, 0.05) is 12.2 Å². The number of fused-ring (bicyclic) bond motifs is 1. The molecule has 4 rings (SSSR count). The molecule has 3 aromatic heterocycles. The van der Waals surface area contributed by atoms with Crippen molar-refractivity contribution >= 4 is 51.7 Å². The van der Waals surface area contributed by atoms with E-state index in [1.165, 1.54) is 16.2 Å². The molecule has 0 bridgehead atoms. The van der Waals surface area contributed by atoms with Gasteiger partial charge in [-0.3, -0.25) is 18.9 Å². The summed E-state index contributed by atoms with van der Waals surface area (Å²) < 4.78 is 7.38. The van der Waals surface area contributed by atoms with Crippen molar-refractivity contribution < 1.29 is 9.21 Å². The number of furan rings is 1. The first-order valence-corrected chi connectivity index (χ1v) is 11.2. The van der Waals surface area contributed by atoms with Crippen LogP contribution in [0.2, 0.25) is 0 Å². The molecular formula is C22H22N4O3S2. The van der Waals surface area contributed by atoms with Gasteiger partial charge < -0.3 is 9.73 Å². The maximum absolute atomic E-state index is 13.4. The Labute approximate surface area is 189 Å². The third-order valence-corrected chi connectivity index (χ3v) is 6.56. The molecule has 9 heteroatoms. The number of carbonyl (C=O) groups excluding carboxylic acids is 1. The number of anilines is 1. The first kappa shape index (κ1) is 21.3. The highest BCUT2D eigenvalue weighted by Gasteiger charge is 2.35. The van der Waals surface area contributed by atoms with E-state index in [-0.39, 0.29) is 17.5 Å². The normalized spacial score (nSPS) is 16.5. The topological polar surface area (TPSA) is 79.8 Å². The fourth-order valence-corrected chi connectivity index (χ4v) is 4.78. The molecule has 3 aromatic rings. The van der Waals surface area contributed by atoms with Crippen LogP contribution in [0.3, 0.4) is 0 Å². The Morgan fingerprint density at radius 2 is 2.13 bits per heavy atom. The van der Waals surface area contributed by atoms with Gasteiger partial charge in [0.2, 0.25) is 0 Å². The number of thioether (sulfide) groups is 1. The van der Waals surface area contributed by atoms with Gasteiger partial charge in [0.05, 0.1) is 23.3 Å². The second kappa shape index (κ2) is 8.68. The van der Waals surface area contributed by atoms with Gasteiger partial charge in [0.1, 0.15) is 21.5 Å². The van der Waals surface area contributed by atoms with Crippen LogP contribution in [0, 0.1) is 6.92 Å². The summed E-state index contributed by atoms with van der Waals surface area (Å²) in [6, 6.07) is 7.32. The van der Waals surface area contributed by atoms with Crippen LogP contribution in [-0.4, -0.2) is 30.6 Å². The van der Waals surface area contributed by atoms with Gasteiger partial charge in [-0.1, -0.05) is 37.0 Å². The van der Waals surface area contributed by atoms with E-state index < -0.39 is 0 Å². The summed E-state index contributed by atoms with van der Waals surface area (Å²) in [5, 5.41) is 3.19. The van der Waals surface area contributed by atoms with Crippen LogP contribution in [-0.2, 0) is 11.3 Å². The van der Waals surface area contributed by atoms with E-state index in [0.717, 1.165) is 12.0 Å². The summed E-state index contributed by atoms with van der Waals surface area (Å²) in [6.45, 7) is 6.22. The third-order valence-electron chi connectivity index (χ3n) is 5.23. The van der Waals surface area contributed by atoms with E-state index in [4.69, 9.17) is 21.6 Å². The van der Waals surface area contributed by atoms with Crippen LogP contribution in [0.5, 0.6) is 0 Å². The molecule has 1 unspecified atom stereocenters. The second-order valence-corrected chi connectivity index (χ2v) is 8.98. The zero-order valence-electron chi connectivity index (χ0n) is 17.4. The first-order chi connectivity index (χ1) is 14.9. The standard InChI is InChI=1S/C22H22N4O3S2/c1-4-14(3)26-21(28)17(31-22(26)30)11-16-18(23-12-15-8-6-10-29-15)24-19-13(2)7-5-9-25(19)20(16)27/h5-11,14,23H,4,12H2,1-3H3/b17-11+. The number of nitrogens with one attached hydrogen (secondary N) is 1. The SMILES string of the molecule is CCC(C)N1C(=O)/C(=C\c2c(NCc3ccco3)nc3c(C)cccn3c2=O)SC1=S. The predicted octanol–water partition coefficient (Wildman–Crippen LogP) is 4.21. The zero-order chi connectivity index (χ0) is 22.1. The van der Waals surface area contributed by atoms with Gasteiger partial charge in [-0.2, -0.15) is 0 Å². The minimum absolute atomic E-state index is 0.00609. The molecule has 1 N–H and O–H groups in total. The molecule has 1 saturated heterocycles. The maximum atomic E-state index is 13.4. The lowest BCUT2D eigenvalue weighted by atomic mass is 10.2. The third kappa shape index (κ3) is 4.03. The molecule has 160 valence electrons.